The Balaban J connectivity index is 1.29. The van der Waals surface area contributed by atoms with Gasteiger partial charge in [-0.1, -0.05) is 55.2 Å². The van der Waals surface area contributed by atoms with Gasteiger partial charge in [0.05, 0.1) is 12.2 Å². The van der Waals surface area contributed by atoms with Gasteiger partial charge in [-0.05, 0) is 109 Å². The highest BCUT2D eigenvalue weighted by atomic mass is 19.1. The number of benzene rings is 2. The zero-order chi connectivity index (χ0) is 25.4. The van der Waals surface area contributed by atoms with Crippen molar-refractivity contribution in [1.29, 1.82) is 0 Å². The van der Waals surface area contributed by atoms with Gasteiger partial charge >= 0.3 is 5.97 Å². The van der Waals surface area contributed by atoms with Crippen molar-refractivity contribution in [2.45, 2.75) is 64.2 Å². The Kier molecular flexibility index (Phi) is 7.20. The molecule has 2 unspecified atom stereocenters. The first kappa shape index (κ1) is 24.9. The highest BCUT2D eigenvalue weighted by Crippen LogP contribution is 2.52. The first-order valence-corrected chi connectivity index (χ1v) is 14.6. The summed E-state index contributed by atoms with van der Waals surface area (Å²) in [5.41, 5.74) is 8.54. The van der Waals surface area contributed by atoms with Gasteiger partial charge in [0.15, 0.2) is 0 Å². The van der Waals surface area contributed by atoms with Gasteiger partial charge in [-0.15, -0.1) is 0 Å². The molecule has 1 N–H and O–H groups in total. The van der Waals surface area contributed by atoms with E-state index in [9.17, 15) is 14.3 Å². The van der Waals surface area contributed by atoms with Crippen LogP contribution >= 0.6 is 0 Å². The topological polar surface area (TPSA) is 40.5 Å². The third-order valence-electron chi connectivity index (χ3n) is 9.73. The SMILES string of the molecule is O=C(O)c1ccc2c(c1)CCCC(C1CC3CCCC3C1)=C2c1ccc(CC2CN(CCCF)C2)cc1. The largest absolute Gasteiger partial charge is 0.478 e. The van der Waals surface area contributed by atoms with Crippen LogP contribution < -0.4 is 0 Å². The van der Waals surface area contributed by atoms with Crippen LogP contribution in [0.4, 0.5) is 4.39 Å². The maximum atomic E-state index is 12.5. The van der Waals surface area contributed by atoms with Crippen LogP contribution in [0.1, 0.15) is 84.0 Å². The number of nitrogens with zero attached hydrogens (tertiary/aromatic N) is 1. The van der Waals surface area contributed by atoms with Crippen molar-refractivity contribution >= 4 is 11.5 Å². The van der Waals surface area contributed by atoms with Crippen molar-refractivity contribution in [1.82, 2.24) is 4.90 Å². The van der Waals surface area contributed by atoms with Crippen LogP contribution in [0, 0.1) is 23.7 Å². The van der Waals surface area contributed by atoms with Gasteiger partial charge in [-0.2, -0.15) is 0 Å². The summed E-state index contributed by atoms with van der Waals surface area (Å²) in [5.74, 6) is 2.31. The lowest BCUT2D eigenvalue weighted by Gasteiger charge is -2.39. The molecule has 4 aliphatic rings. The summed E-state index contributed by atoms with van der Waals surface area (Å²) in [6, 6.07) is 15.1. The second-order valence-corrected chi connectivity index (χ2v) is 12.1. The molecular weight excluding hydrogens is 461 g/mol. The summed E-state index contributed by atoms with van der Waals surface area (Å²) in [6.45, 7) is 2.83. The molecule has 1 saturated heterocycles. The Morgan fingerprint density at radius 3 is 2.43 bits per heavy atom. The highest BCUT2D eigenvalue weighted by molar-refractivity contribution is 5.90. The molecule has 2 aromatic carbocycles. The zero-order valence-corrected chi connectivity index (χ0v) is 21.9. The fourth-order valence-electron chi connectivity index (χ4n) is 7.95. The molecule has 0 amide bonds. The molecule has 2 aromatic rings. The zero-order valence-electron chi connectivity index (χ0n) is 21.9. The van der Waals surface area contributed by atoms with E-state index in [1.54, 1.807) is 11.6 Å². The van der Waals surface area contributed by atoms with Crippen LogP contribution in [0.5, 0.6) is 0 Å². The highest BCUT2D eigenvalue weighted by Gasteiger charge is 2.39. The molecular formula is C33H40FNO2. The van der Waals surface area contributed by atoms with Gasteiger partial charge in [-0.25, -0.2) is 4.79 Å². The first-order valence-electron chi connectivity index (χ1n) is 14.6. The summed E-state index contributed by atoms with van der Waals surface area (Å²) in [4.78, 5) is 14.1. The fourth-order valence-corrected chi connectivity index (χ4v) is 7.95. The smallest absolute Gasteiger partial charge is 0.335 e. The Morgan fingerprint density at radius 1 is 0.973 bits per heavy atom. The van der Waals surface area contributed by atoms with E-state index in [2.05, 4.69) is 35.2 Å². The van der Waals surface area contributed by atoms with Crippen molar-refractivity contribution in [2.75, 3.05) is 26.3 Å². The molecule has 1 heterocycles. The number of alkyl halides is 1. The van der Waals surface area contributed by atoms with Gasteiger partial charge in [0.25, 0.3) is 0 Å². The predicted octanol–water partition coefficient (Wildman–Crippen LogP) is 7.18. The van der Waals surface area contributed by atoms with Crippen LogP contribution in [0.25, 0.3) is 5.57 Å². The van der Waals surface area contributed by atoms with Crippen LogP contribution in [0.3, 0.4) is 0 Å². The van der Waals surface area contributed by atoms with Crippen molar-refractivity contribution in [3.63, 3.8) is 0 Å². The maximum Gasteiger partial charge on any atom is 0.335 e. The number of aryl methyl sites for hydroxylation is 1. The van der Waals surface area contributed by atoms with Crippen molar-refractivity contribution in [2.24, 2.45) is 23.7 Å². The Morgan fingerprint density at radius 2 is 1.73 bits per heavy atom. The number of aromatic carboxylic acids is 1. The molecule has 3 aliphatic carbocycles. The molecule has 196 valence electrons. The van der Waals surface area contributed by atoms with Gasteiger partial charge < -0.3 is 10.0 Å². The molecule has 1 aliphatic heterocycles. The number of carboxylic acid groups (broad SMARTS) is 1. The Bertz CT molecular complexity index is 1150. The number of halogens is 1. The molecule has 4 heteroatoms. The monoisotopic (exact) mass is 501 g/mol. The normalized spacial score (nSPS) is 26.0. The van der Waals surface area contributed by atoms with Crippen molar-refractivity contribution in [3.05, 3.63) is 75.9 Å². The summed E-state index contributed by atoms with van der Waals surface area (Å²) in [6.07, 6.45) is 11.8. The minimum atomic E-state index is -0.843. The van der Waals surface area contributed by atoms with Crippen LogP contribution in [0.2, 0.25) is 0 Å². The molecule has 2 atom stereocenters. The van der Waals surface area contributed by atoms with E-state index in [1.165, 1.54) is 59.9 Å². The first-order chi connectivity index (χ1) is 18.1. The van der Waals surface area contributed by atoms with E-state index in [-0.39, 0.29) is 6.67 Å². The molecule has 3 nitrogen and oxygen atoms in total. The summed E-state index contributed by atoms with van der Waals surface area (Å²) >= 11 is 0. The molecule has 3 fully saturated rings. The second-order valence-electron chi connectivity index (χ2n) is 12.1. The van der Waals surface area contributed by atoms with Crippen molar-refractivity contribution < 1.29 is 14.3 Å². The van der Waals surface area contributed by atoms with Crippen LogP contribution in [0.15, 0.2) is 48.0 Å². The van der Waals surface area contributed by atoms with E-state index in [0.717, 1.165) is 57.2 Å². The van der Waals surface area contributed by atoms with E-state index in [0.29, 0.717) is 23.8 Å². The minimum Gasteiger partial charge on any atom is -0.478 e. The molecule has 6 rings (SSSR count). The van der Waals surface area contributed by atoms with E-state index in [1.807, 2.05) is 6.07 Å². The van der Waals surface area contributed by atoms with Gasteiger partial charge in [-0.3, -0.25) is 4.39 Å². The van der Waals surface area contributed by atoms with Gasteiger partial charge in [0.1, 0.15) is 0 Å². The van der Waals surface area contributed by atoms with Crippen molar-refractivity contribution in [3.8, 4) is 0 Å². The third kappa shape index (κ3) is 5.14. The lowest BCUT2D eigenvalue weighted by Crippen LogP contribution is -2.47. The summed E-state index contributed by atoms with van der Waals surface area (Å²) in [7, 11) is 0. The number of hydrogen-bond donors (Lipinski definition) is 1. The molecule has 2 saturated carbocycles. The van der Waals surface area contributed by atoms with E-state index >= 15 is 0 Å². The summed E-state index contributed by atoms with van der Waals surface area (Å²) in [5, 5.41) is 9.61. The number of carboxylic acids is 1. The minimum absolute atomic E-state index is 0.219. The lowest BCUT2D eigenvalue weighted by atomic mass is 9.82. The third-order valence-corrected chi connectivity index (χ3v) is 9.73. The van der Waals surface area contributed by atoms with Crippen LogP contribution in [-0.4, -0.2) is 42.3 Å². The van der Waals surface area contributed by atoms with E-state index < -0.39 is 5.97 Å². The quantitative estimate of drug-likeness (QED) is 0.416. The number of fused-ring (bicyclic) bond motifs is 2. The molecule has 0 spiro atoms. The Labute approximate surface area is 220 Å². The maximum absolute atomic E-state index is 12.5. The Hall–Kier alpha value is -2.46. The average molecular weight is 502 g/mol. The molecule has 0 bridgehead atoms. The summed E-state index contributed by atoms with van der Waals surface area (Å²) < 4.78 is 12.5. The second kappa shape index (κ2) is 10.7. The average Bonchev–Trinajstić information content (AvgIpc) is 3.43. The van der Waals surface area contributed by atoms with Crippen LogP contribution in [-0.2, 0) is 12.8 Å². The number of carbonyl (C=O) groups is 1. The molecule has 37 heavy (non-hydrogen) atoms. The number of allylic oxidation sites excluding steroid dienone is 1. The predicted molar refractivity (Wildman–Crippen MR) is 147 cm³/mol. The van der Waals surface area contributed by atoms with E-state index in [4.69, 9.17) is 0 Å². The number of rotatable bonds is 8. The number of likely N-dealkylation sites (tertiary alicyclic amines) is 1. The fraction of sp³-hybridized carbons (Fsp3) is 0.545. The van der Waals surface area contributed by atoms with Gasteiger partial charge in [0.2, 0.25) is 0 Å². The molecule has 0 aromatic heterocycles. The number of hydrogen-bond acceptors (Lipinski definition) is 2. The van der Waals surface area contributed by atoms with Gasteiger partial charge in [0, 0.05) is 19.6 Å². The lowest BCUT2D eigenvalue weighted by molar-refractivity contribution is 0.0696. The molecule has 0 radical (unpaired) electrons. The standard InChI is InChI=1S/C33H40FNO2/c34-14-3-15-35-20-23(21-35)16-22-8-10-24(11-9-22)32-30(29-17-25-4-1-5-26(25)18-29)7-2-6-27-19-28(33(36)37)12-13-31(27)32/h8-13,19,23,25-26,29H,1-7,14-18,20-21H2,(H,36,37).